The average molecular weight is 285 g/mol. The van der Waals surface area contributed by atoms with Crippen LogP contribution in [0.1, 0.15) is 36.5 Å². The van der Waals surface area contributed by atoms with E-state index in [1.807, 2.05) is 6.92 Å². The first kappa shape index (κ1) is 15.5. The Balaban J connectivity index is 2.55. The van der Waals surface area contributed by atoms with E-state index in [1.54, 1.807) is 0 Å². The number of anilines is 1. The van der Waals surface area contributed by atoms with Crippen molar-refractivity contribution in [2.45, 2.75) is 32.2 Å². The molecule has 0 saturated carbocycles. The van der Waals surface area contributed by atoms with E-state index in [1.165, 1.54) is 18.2 Å². The third-order valence-corrected chi connectivity index (χ3v) is 2.86. The Hall–Kier alpha value is -1.59. The van der Waals surface area contributed by atoms with Crippen molar-refractivity contribution < 1.29 is 14.7 Å². The molecule has 0 radical (unpaired) electrons. The van der Waals surface area contributed by atoms with Crippen molar-refractivity contribution in [1.29, 1.82) is 0 Å². The molecular weight excluding hydrogens is 268 g/mol. The van der Waals surface area contributed by atoms with Gasteiger partial charge < -0.3 is 16.2 Å². The fraction of sp³-hybridized carbons (Fsp3) is 0.385. The first-order chi connectivity index (χ1) is 8.90. The number of carbonyl (C=O) groups is 2. The summed E-state index contributed by atoms with van der Waals surface area (Å²) in [5.41, 5.74) is 6.09. The molecule has 1 aromatic rings. The highest BCUT2D eigenvalue weighted by molar-refractivity contribution is 6.33. The van der Waals surface area contributed by atoms with Crippen LogP contribution in [-0.4, -0.2) is 23.0 Å². The monoisotopic (exact) mass is 284 g/mol. The molecule has 0 fully saturated rings. The molecule has 0 aliphatic carbocycles. The van der Waals surface area contributed by atoms with E-state index < -0.39 is 5.97 Å². The molecule has 0 aliphatic rings. The highest BCUT2D eigenvalue weighted by Gasteiger charge is 2.10. The van der Waals surface area contributed by atoms with Crippen LogP contribution in [0.3, 0.4) is 0 Å². The Morgan fingerprint density at radius 1 is 1.47 bits per heavy atom. The van der Waals surface area contributed by atoms with Gasteiger partial charge in [0.2, 0.25) is 5.91 Å². The van der Waals surface area contributed by atoms with Gasteiger partial charge in [-0.3, -0.25) is 4.79 Å². The van der Waals surface area contributed by atoms with Gasteiger partial charge in [0.1, 0.15) is 0 Å². The first-order valence-electron chi connectivity index (χ1n) is 5.98. The standard InChI is InChI=1S/C13H17ClN2O3/c1-8(15)3-2-4-12(17)16-9-5-6-10(13(18)19)11(14)7-9/h5-8H,2-4,15H2,1H3,(H,16,17)(H,18,19). The number of carboxylic acids is 1. The molecule has 6 heteroatoms. The summed E-state index contributed by atoms with van der Waals surface area (Å²) in [6, 6.07) is 4.38. The van der Waals surface area contributed by atoms with E-state index in [9.17, 15) is 9.59 Å². The van der Waals surface area contributed by atoms with E-state index in [0.29, 0.717) is 18.5 Å². The molecule has 0 aliphatic heterocycles. The maximum atomic E-state index is 11.6. The second-order valence-electron chi connectivity index (χ2n) is 4.42. The maximum Gasteiger partial charge on any atom is 0.337 e. The van der Waals surface area contributed by atoms with E-state index in [0.717, 1.165) is 6.42 Å². The van der Waals surface area contributed by atoms with Crippen molar-refractivity contribution in [3.05, 3.63) is 28.8 Å². The Morgan fingerprint density at radius 2 is 2.16 bits per heavy atom. The third kappa shape index (κ3) is 5.28. The molecule has 0 bridgehead atoms. The van der Waals surface area contributed by atoms with E-state index in [-0.39, 0.29) is 22.5 Å². The summed E-state index contributed by atoms with van der Waals surface area (Å²) < 4.78 is 0. The molecule has 104 valence electrons. The maximum absolute atomic E-state index is 11.6. The van der Waals surface area contributed by atoms with E-state index in [4.69, 9.17) is 22.4 Å². The Morgan fingerprint density at radius 3 is 2.68 bits per heavy atom. The van der Waals surface area contributed by atoms with Crippen molar-refractivity contribution in [3.8, 4) is 0 Å². The Labute approximate surface area is 116 Å². The fourth-order valence-corrected chi connectivity index (χ4v) is 1.84. The zero-order valence-corrected chi connectivity index (χ0v) is 11.4. The molecule has 1 rings (SSSR count). The predicted molar refractivity (Wildman–Crippen MR) is 74.5 cm³/mol. The number of nitrogens with one attached hydrogen (secondary N) is 1. The number of nitrogens with two attached hydrogens (primary N) is 1. The van der Waals surface area contributed by atoms with Crippen LogP contribution >= 0.6 is 11.6 Å². The van der Waals surface area contributed by atoms with Crippen LogP contribution in [0.5, 0.6) is 0 Å². The lowest BCUT2D eigenvalue weighted by Crippen LogP contribution is -2.16. The lowest BCUT2D eigenvalue weighted by molar-refractivity contribution is -0.116. The molecule has 0 spiro atoms. The van der Waals surface area contributed by atoms with Gasteiger partial charge in [-0.25, -0.2) is 4.79 Å². The normalized spacial score (nSPS) is 11.9. The van der Waals surface area contributed by atoms with Gasteiger partial charge in [0, 0.05) is 18.2 Å². The summed E-state index contributed by atoms with van der Waals surface area (Å²) in [7, 11) is 0. The molecule has 0 saturated heterocycles. The summed E-state index contributed by atoms with van der Waals surface area (Å²) in [5, 5.41) is 11.6. The van der Waals surface area contributed by atoms with Gasteiger partial charge in [-0.15, -0.1) is 0 Å². The third-order valence-electron chi connectivity index (χ3n) is 2.55. The van der Waals surface area contributed by atoms with Gasteiger partial charge in [-0.05, 0) is 38.0 Å². The van der Waals surface area contributed by atoms with Crippen molar-refractivity contribution in [2.75, 3.05) is 5.32 Å². The second kappa shape index (κ2) is 7.11. The number of rotatable bonds is 6. The molecule has 0 aromatic heterocycles. The molecule has 5 nitrogen and oxygen atoms in total. The first-order valence-corrected chi connectivity index (χ1v) is 6.36. The lowest BCUT2D eigenvalue weighted by atomic mass is 10.1. The largest absolute Gasteiger partial charge is 0.478 e. The summed E-state index contributed by atoms with van der Waals surface area (Å²) in [6.07, 6.45) is 1.87. The highest BCUT2D eigenvalue weighted by Crippen LogP contribution is 2.21. The van der Waals surface area contributed by atoms with Crippen LogP contribution in [0, 0.1) is 0 Å². The molecule has 1 amide bonds. The summed E-state index contributed by atoms with van der Waals surface area (Å²) in [5.74, 6) is -1.24. The molecule has 4 N–H and O–H groups in total. The Bertz CT molecular complexity index is 475. The molecule has 1 unspecified atom stereocenters. The van der Waals surface area contributed by atoms with Crippen LogP contribution in [0.2, 0.25) is 5.02 Å². The van der Waals surface area contributed by atoms with Gasteiger partial charge in [-0.2, -0.15) is 0 Å². The van der Waals surface area contributed by atoms with Gasteiger partial charge in [0.25, 0.3) is 0 Å². The van der Waals surface area contributed by atoms with Crippen molar-refractivity contribution >= 4 is 29.2 Å². The Kier molecular flexibility index (Phi) is 5.79. The number of hydrogen-bond donors (Lipinski definition) is 3. The SMILES string of the molecule is CC(N)CCCC(=O)Nc1ccc(C(=O)O)c(Cl)c1. The molecule has 1 atom stereocenters. The van der Waals surface area contributed by atoms with Crippen LogP contribution in [0.4, 0.5) is 5.69 Å². The number of halogens is 1. The van der Waals surface area contributed by atoms with Gasteiger partial charge in [-0.1, -0.05) is 11.6 Å². The minimum atomic E-state index is -1.10. The van der Waals surface area contributed by atoms with Gasteiger partial charge >= 0.3 is 5.97 Å². The number of aromatic carboxylic acids is 1. The number of hydrogen-bond acceptors (Lipinski definition) is 3. The predicted octanol–water partition coefficient (Wildman–Crippen LogP) is 2.49. The number of carbonyl (C=O) groups excluding carboxylic acids is 1. The molecule has 19 heavy (non-hydrogen) atoms. The summed E-state index contributed by atoms with van der Waals surface area (Å²) >= 11 is 5.81. The van der Waals surface area contributed by atoms with Crippen molar-refractivity contribution in [2.24, 2.45) is 5.73 Å². The fourth-order valence-electron chi connectivity index (χ4n) is 1.57. The smallest absolute Gasteiger partial charge is 0.337 e. The minimum absolute atomic E-state index is 0.0108. The molecule has 0 heterocycles. The van der Waals surface area contributed by atoms with E-state index in [2.05, 4.69) is 5.32 Å². The quantitative estimate of drug-likeness (QED) is 0.748. The van der Waals surface area contributed by atoms with Gasteiger partial charge in [0.05, 0.1) is 10.6 Å². The van der Waals surface area contributed by atoms with Crippen molar-refractivity contribution in [1.82, 2.24) is 0 Å². The van der Waals surface area contributed by atoms with Crippen molar-refractivity contribution in [3.63, 3.8) is 0 Å². The topological polar surface area (TPSA) is 92.4 Å². The van der Waals surface area contributed by atoms with Crippen LogP contribution in [0.25, 0.3) is 0 Å². The number of carboxylic acid groups (broad SMARTS) is 1. The molecule has 1 aromatic carbocycles. The summed E-state index contributed by atoms with van der Waals surface area (Å²) in [4.78, 5) is 22.4. The van der Waals surface area contributed by atoms with Crippen LogP contribution in [0.15, 0.2) is 18.2 Å². The highest BCUT2D eigenvalue weighted by atomic mass is 35.5. The lowest BCUT2D eigenvalue weighted by Gasteiger charge is -2.08. The number of benzene rings is 1. The second-order valence-corrected chi connectivity index (χ2v) is 4.82. The zero-order valence-electron chi connectivity index (χ0n) is 10.6. The number of amides is 1. The zero-order chi connectivity index (χ0) is 14.4. The van der Waals surface area contributed by atoms with Gasteiger partial charge in [0.15, 0.2) is 0 Å². The van der Waals surface area contributed by atoms with Crippen LogP contribution < -0.4 is 11.1 Å². The summed E-state index contributed by atoms with van der Waals surface area (Å²) in [6.45, 7) is 1.89. The molecular formula is C13H17ClN2O3. The van der Waals surface area contributed by atoms with E-state index >= 15 is 0 Å². The minimum Gasteiger partial charge on any atom is -0.478 e. The van der Waals surface area contributed by atoms with Crippen LogP contribution in [-0.2, 0) is 4.79 Å². The average Bonchev–Trinajstić information content (AvgIpc) is 2.27.